The Kier molecular flexibility index (Phi) is 4.64. The van der Waals surface area contributed by atoms with Crippen molar-refractivity contribution in [1.82, 2.24) is 9.47 Å². The molecule has 7 heteroatoms. The van der Waals surface area contributed by atoms with Crippen molar-refractivity contribution >= 4 is 32.7 Å². The SMILES string of the molecule is CC1CCN(C(=O)c2cn(CC(F)(F)F)c3cc(Br)ccc23)CC1. The summed E-state index contributed by atoms with van der Waals surface area (Å²) < 4.78 is 40.3. The minimum absolute atomic E-state index is 0.185. The normalized spacial score (nSPS) is 16.8. The highest BCUT2D eigenvalue weighted by atomic mass is 79.9. The third kappa shape index (κ3) is 3.61. The summed E-state index contributed by atoms with van der Waals surface area (Å²) in [6.07, 6.45) is -1.14. The molecule has 2 aromatic rings. The van der Waals surface area contributed by atoms with Gasteiger partial charge in [0, 0.05) is 29.1 Å². The molecule has 3 rings (SSSR count). The lowest BCUT2D eigenvalue weighted by molar-refractivity contribution is -0.139. The molecule has 1 aliphatic heterocycles. The highest BCUT2D eigenvalue weighted by molar-refractivity contribution is 9.10. The molecule has 1 fully saturated rings. The zero-order valence-corrected chi connectivity index (χ0v) is 14.8. The molecule has 1 saturated heterocycles. The van der Waals surface area contributed by atoms with E-state index in [0.717, 1.165) is 17.4 Å². The number of amides is 1. The number of hydrogen-bond donors (Lipinski definition) is 0. The Morgan fingerprint density at radius 3 is 2.58 bits per heavy atom. The van der Waals surface area contributed by atoms with Crippen LogP contribution in [-0.4, -0.2) is 34.6 Å². The number of carbonyl (C=O) groups excluding carboxylic acids is 1. The number of aromatic nitrogens is 1. The number of alkyl halides is 3. The summed E-state index contributed by atoms with van der Waals surface area (Å²) in [5.41, 5.74) is 0.756. The van der Waals surface area contributed by atoms with Crippen molar-refractivity contribution < 1.29 is 18.0 Å². The number of halogens is 4. The van der Waals surface area contributed by atoms with Crippen LogP contribution in [0.5, 0.6) is 0 Å². The monoisotopic (exact) mass is 402 g/mol. The standard InChI is InChI=1S/C17H18BrF3N2O/c1-11-4-6-22(7-5-11)16(24)14-9-23(10-17(19,20)21)15-8-12(18)2-3-13(14)15/h2-3,8-9,11H,4-7,10H2,1H3. The van der Waals surface area contributed by atoms with E-state index in [1.54, 1.807) is 23.1 Å². The Hall–Kier alpha value is -1.50. The third-order valence-electron chi connectivity index (χ3n) is 4.50. The van der Waals surface area contributed by atoms with Gasteiger partial charge >= 0.3 is 6.18 Å². The van der Waals surface area contributed by atoms with Crippen molar-refractivity contribution in [3.05, 3.63) is 34.4 Å². The molecule has 0 N–H and O–H groups in total. The molecule has 0 radical (unpaired) electrons. The summed E-state index contributed by atoms with van der Waals surface area (Å²) in [6, 6.07) is 5.07. The quantitative estimate of drug-likeness (QED) is 0.705. The topological polar surface area (TPSA) is 25.2 Å². The van der Waals surface area contributed by atoms with Crippen LogP contribution in [0.2, 0.25) is 0 Å². The Morgan fingerprint density at radius 2 is 1.96 bits per heavy atom. The van der Waals surface area contributed by atoms with Crippen LogP contribution in [0.1, 0.15) is 30.1 Å². The maximum absolute atomic E-state index is 12.8. The van der Waals surface area contributed by atoms with Crippen LogP contribution in [0.4, 0.5) is 13.2 Å². The number of likely N-dealkylation sites (tertiary alicyclic amines) is 1. The van der Waals surface area contributed by atoms with Gasteiger partial charge in [-0.25, -0.2) is 0 Å². The van der Waals surface area contributed by atoms with E-state index in [1.165, 1.54) is 6.20 Å². The van der Waals surface area contributed by atoms with E-state index in [0.29, 0.717) is 39.9 Å². The van der Waals surface area contributed by atoms with E-state index < -0.39 is 12.7 Å². The van der Waals surface area contributed by atoms with Gasteiger partial charge in [-0.3, -0.25) is 4.79 Å². The molecule has 0 spiro atoms. The lowest BCUT2D eigenvalue weighted by Gasteiger charge is -2.30. The first kappa shape index (κ1) is 17.3. The van der Waals surface area contributed by atoms with Gasteiger partial charge in [0.25, 0.3) is 5.91 Å². The highest BCUT2D eigenvalue weighted by Gasteiger charge is 2.30. The summed E-state index contributed by atoms with van der Waals surface area (Å²) in [5, 5.41) is 0.561. The second kappa shape index (κ2) is 6.43. The summed E-state index contributed by atoms with van der Waals surface area (Å²) in [7, 11) is 0. The largest absolute Gasteiger partial charge is 0.406 e. The number of fused-ring (bicyclic) bond motifs is 1. The summed E-state index contributed by atoms with van der Waals surface area (Å²) in [5.74, 6) is 0.395. The fraction of sp³-hybridized carbons (Fsp3) is 0.471. The number of rotatable bonds is 2. The predicted octanol–water partition coefficient (Wildman–Crippen LogP) is 4.84. The molecule has 0 atom stereocenters. The van der Waals surface area contributed by atoms with Gasteiger partial charge in [-0.05, 0) is 30.9 Å². The van der Waals surface area contributed by atoms with Gasteiger partial charge in [0.2, 0.25) is 0 Å². The molecule has 0 bridgehead atoms. The van der Waals surface area contributed by atoms with Crippen LogP contribution in [0, 0.1) is 5.92 Å². The van der Waals surface area contributed by atoms with Crippen LogP contribution < -0.4 is 0 Å². The fourth-order valence-corrected chi connectivity index (χ4v) is 3.49. The van der Waals surface area contributed by atoms with Gasteiger partial charge < -0.3 is 9.47 Å². The van der Waals surface area contributed by atoms with Crippen molar-refractivity contribution in [3.63, 3.8) is 0 Å². The third-order valence-corrected chi connectivity index (χ3v) is 4.99. The molecule has 1 aromatic carbocycles. The minimum atomic E-state index is -4.34. The van der Waals surface area contributed by atoms with Gasteiger partial charge in [0.1, 0.15) is 6.54 Å². The lowest BCUT2D eigenvalue weighted by Crippen LogP contribution is -2.37. The van der Waals surface area contributed by atoms with E-state index in [2.05, 4.69) is 22.9 Å². The zero-order valence-electron chi connectivity index (χ0n) is 13.2. The molecular weight excluding hydrogens is 385 g/mol. The predicted molar refractivity (Wildman–Crippen MR) is 90.0 cm³/mol. The van der Waals surface area contributed by atoms with Gasteiger partial charge in [-0.15, -0.1) is 0 Å². The van der Waals surface area contributed by atoms with Gasteiger partial charge in [-0.2, -0.15) is 13.2 Å². The molecule has 2 heterocycles. The molecule has 3 nitrogen and oxygen atoms in total. The lowest BCUT2D eigenvalue weighted by atomic mass is 9.98. The molecular formula is C17H18BrF3N2O. The smallest absolute Gasteiger partial charge is 0.339 e. The molecule has 0 unspecified atom stereocenters. The molecule has 0 saturated carbocycles. The Bertz CT molecular complexity index is 761. The number of piperidine rings is 1. The molecule has 1 amide bonds. The van der Waals surface area contributed by atoms with Crippen LogP contribution in [0.25, 0.3) is 10.9 Å². The highest BCUT2D eigenvalue weighted by Crippen LogP contribution is 2.30. The van der Waals surface area contributed by atoms with Crippen molar-refractivity contribution in [1.29, 1.82) is 0 Å². The summed E-state index contributed by atoms with van der Waals surface area (Å²) in [6.45, 7) is 2.35. The van der Waals surface area contributed by atoms with E-state index in [1.807, 2.05) is 0 Å². The molecule has 1 aromatic heterocycles. The number of hydrogen-bond acceptors (Lipinski definition) is 1. The first-order valence-electron chi connectivity index (χ1n) is 7.89. The van der Waals surface area contributed by atoms with Crippen LogP contribution in [-0.2, 0) is 6.54 Å². The van der Waals surface area contributed by atoms with E-state index in [-0.39, 0.29) is 5.91 Å². The van der Waals surface area contributed by atoms with Crippen molar-refractivity contribution in [2.75, 3.05) is 13.1 Å². The first-order chi connectivity index (χ1) is 11.2. The second-order valence-corrected chi connectivity index (χ2v) is 7.34. The summed E-state index contributed by atoms with van der Waals surface area (Å²) >= 11 is 3.29. The van der Waals surface area contributed by atoms with Gasteiger partial charge in [0.15, 0.2) is 0 Å². The fourth-order valence-electron chi connectivity index (χ4n) is 3.14. The zero-order chi connectivity index (χ0) is 17.5. The minimum Gasteiger partial charge on any atom is -0.339 e. The molecule has 130 valence electrons. The summed E-state index contributed by atoms with van der Waals surface area (Å²) in [4.78, 5) is 14.5. The van der Waals surface area contributed by atoms with Crippen molar-refractivity contribution in [2.24, 2.45) is 5.92 Å². The Labute approximate surface area is 146 Å². The number of benzene rings is 1. The average molecular weight is 403 g/mol. The number of carbonyl (C=O) groups is 1. The van der Waals surface area contributed by atoms with Crippen LogP contribution >= 0.6 is 15.9 Å². The van der Waals surface area contributed by atoms with Crippen LogP contribution in [0.15, 0.2) is 28.9 Å². The maximum Gasteiger partial charge on any atom is 0.406 e. The van der Waals surface area contributed by atoms with E-state index in [9.17, 15) is 18.0 Å². The molecule has 0 aliphatic carbocycles. The number of nitrogens with zero attached hydrogens (tertiary/aromatic N) is 2. The first-order valence-corrected chi connectivity index (χ1v) is 8.68. The van der Waals surface area contributed by atoms with Gasteiger partial charge in [0.05, 0.1) is 11.1 Å². The average Bonchev–Trinajstić information content (AvgIpc) is 2.83. The Morgan fingerprint density at radius 1 is 1.29 bits per heavy atom. The molecule has 1 aliphatic rings. The van der Waals surface area contributed by atoms with Crippen molar-refractivity contribution in [3.8, 4) is 0 Å². The maximum atomic E-state index is 12.8. The van der Waals surface area contributed by atoms with E-state index in [4.69, 9.17) is 0 Å². The van der Waals surface area contributed by atoms with Gasteiger partial charge in [-0.1, -0.05) is 28.9 Å². The second-order valence-electron chi connectivity index (χ2n) is 6.42. The van der Waals surface area contributed by atoms with Crippen LogP contribution in [0.3, 0.4) is 0 Å². The molecule has 24 heavy (non-hydrogen) atoms. The Balaban J connectivity index is 2.00. The van der Waals surface area contributed by atoms with Crippen molar-refractivity contribution in [2.45, 2.75) is 32.5 Å². The van der Waals surface area contributed by atoms with E-state index >= 15 is 0 Å².